The second kappa shape index (κ2) is 4.95. The van der Waals surface area contributed by atoms with Crippen LogP contribution in [0.4, 0.5) is 4.39 Å². The van der Waals surface area contributed by atoms with Crippen molar-refractivity contribution in [1.29, 1.82) is 5.41 Å². The van der Waals surface area contributed by atoms with Crippen LogP contribution in [0.15, 0.2) is 18.2 Å². The second-order valence-electron chi connectivity index (χ2n) is 6.16. The van der Waals surface area contributed by atoms with Crippen LogP contribution in [0.5, 0.6) is 0 Å². The first kappa shape index (κ1) is 12.6. The molecule has 19 heavy (non-hydrogen) atoms. The molecular weight excluding hydrogens is 239 g/mol. The van der Waals surface area contributed by atoms with E-state index in [9.17, 15) is 4.39 Å². The first-order valence-corrected chi connectivity index (χ1v) is 7.26. The van der Waals surface area contributed by atoms with Crippen molar-refractivity contribution in [2.45, 2.75) is 39.2 Å². The molecule has 3 rings (SSSR count). The van der Waals surface area contributed by atoms with Crippen molar-refractivity contribution < 1.29 is 4.39 Å². The third kappa shape index (κ3) is 2.51. The molecule has 1 N–H and O–H groups in total. The highest BCUT2D eigenvalue weighted by atomic mass is 19.1. The van der Waals surface area contributed by atoms with Crippen molar-refractivity contribution in [1.82, 2.24) is 4.90 Å². The van der Waals surface area contributed by atoms with Crippen molar-refractivity contribution in [3.63, 3.8) is 0 Å². The first-order valence-electron chi connectivity index (χ1n) is 7.26. The summed E-state index contributed by atoms with van der Waals surface area (Å²) in [4.78, 5) is 2.12. The number of nitrogens with one attached hydrogen (secondary N) is 1. The number of halogens is 1. The van der Waals surface area contributed by atoms with Gasteiger partial charge in [0.15, 0.2) is 0 Å². The second-order valence-corrected chi connectivity index (χ2v) is 6.16. The number of nitrogens with zero attached hydrogens (tertiary/aromatic N) is 1. The molecule has 0 saturated heterocycles. The number of rotatable bonds is 2. The third-order valence-corrected chi connectivity index (χ3v) is 4.62. The Balaban J connectivity index is 1.67. The summed E-state index contributed by atoms with van der Waals surface area (Å²) in [5, 5.41) is 8.20. The van der Waals surface area contributed by atoms with Gasteiger partial charge in [-0.1, -0.05) is 25.8 Å². The summed E-state index contributed by atoms with van der Waals surface area (Å²) in [5.41, 5.74) is 1.87. The molecule has 0 amide bonds. The van der Waals surface area contributed by atoms with E-state index in [1.54, 1.807) is 0 Å². The van der Waals surface area contributed by atoms with Gasteiger partial charge >= 0.3 is 0 Å². The number of fused-ring (bicyclic) bond motifs is 1. The molecule has 1 fully saturated rings. The highest BCUT2D eigenvalue weighted by Gasteiger charge is 2.28. The molecule has 1 aliphatic carbocycles. The normalized spacial score (nSPS) is 26.6. The SMILES string of the molecule is CC1CCC(CN2Cc3ccc(F)cc3C2=N)CC1. The van der Waals surface area contributed by atoms with Gasteiger partial charge in [-0.05, 0) is 42.4 Å². The highest BCUT2D eigenvalue weighted by Crippen LogP contribution is 2.31. The summed E-state index contributed by atoms with van der Waals surface area (Å²) < 4.78 is 13.2. The molecule has 1 saturated carbocycles. The summed E-state index contributed by atoms with van der Waals surface area (Å²) >= 11 is 0. The molecule has 1 aromatic rings. The molecule has 0 atom stereocenters. The Bertz CT molecular complexity index is 490. The van der Waals surface area contributed by atoms with Crippen LogP contribution >= 0.6 is 0 Å². The predicted octanol–water partition coefficient (Wildman–Crippen LogP) is 3.79. The molecule has 2 nitrogen and oxygen atoms in total. The molecule has 3 heteroatoms. The van der Waals surface area contributed by atoms with Gasteiger partial charge in [0, 0.05) is 18.7 Å². The fourth-order valence-corrected chi connectivity index (χ4v) is 3.34. The fourth-order valence-electron chi connectivity index (χ4n) is 3.34. The lowest BCUT2D eigenvalue weighted by atomic mass is 9.83. The lowest BCUT2D eigenvalue weighted by Crippen LogP contribution is -2.31. The Morgan fingerprint density at radius 3 is 2.74 bits per heavy atom. The van der Waals surface area contributed by atoms with Gasteiger partial charge < -0.3 is 4.90 Å². The summed E-state index contributed by atoms with van der Waals surface area (Å²) in [6.45, 7) is 4.06. The van der Waals surface area contributed by atoms with Crippen molar-refractivity contribution in [3.8, 4) is 0 Å². The van der Waals surface area contributed by atoms with E-state index in [-0.39, 0.29) is 5.82 Å². The lowest BCUT2D eigenvalue weighted by molar-refractivity contribution is 0.238. The number of hydrogen-bond acceptors (Lipinski definition) is 1. The van der Waals surface area contributed by atoms with Gasteiger partial charge in [-0.25, -0.2) is 4.39 Å². The van der Waals surface area contributed by atoms with Gasteiger partial charge in [-0.3, -0.25) is 5.41 Å². The van der Waals surface area contributed by atoms with Gasteiger partial charge in [0.25, 0.3) is 0 Å². The van der Waals surface area contributed by atoms with E-state index in [1.165, 1.54) is 37.8 Å². The zero-order valence-electron chi connectivity index (χ0n) is 11.5. The van der Waals surface area contributed by atoms with Crippen molar-refractivity contribution in [2.24, 2.45) is 11.8 Å². The predicted molar refractivity (Wildman–Crippen MR) is 74.8 cm³/mol. The van der Waals surface area contributed by atoms with E-state index in [4.69, 9.17) is 5.41 Å². The average molecular weight is 260 g/mol. The zero-order chi connectivity index (χ0) is 13.4. The minimum atomic E-state index is -0.239. The van der Waals surface area contributed by atoms with Crippen LogP contribution in [0.25, 0.3) is 0 Å². The largest absolute Gasteiger partial charge is 0.352 e. The monoisotopic (exact) mass is 260 g/mol. The van der Waals surface area contributed by atoms with Crippen molar-refractivity contribution in [2.75, 3.05) is 6.54 Å². The summed E-state index contributed by atoms with van der Waals surface area (Å²) in [7, 11) is 0. The molecule has 1 aromatic carbocycles. The van der Waals surface area contributed by atoms with E-state index in [0.717, 1.165) is 30.1 Å². The van der Waals surface area contributed by atoms with Crippen molar-refractivity contribution >= 4 is 5.84 Å². The van der Waals surface area contributed by atoms with Gasteiger partial charge in [-0.2, -0.15) is 0 Å². The van der Waals surface area contributed by atoms with Crippen LogP contribution in [0.2, 0.25) is 0 Å². The van der Waals surface area contributed by atoms with Crippen LogP contribution in [0.1, 0.15) is 43.7 Å². The Hall–Kier alpha value is -1.38. The van der Waals surface area contributed by atoms with Crippen molar-refractivity contribution in [3.05, 3.63) is 35.1 Å². The van der Waals surface area contributed by atoms with Gasteiger partial charge in [0.1, 0.15) is 11.7 Å². The third-order valence-electron chi connectivity index (χ3n) is 4.62. The molecular formula is C16H21FN2. The molecule has 0 aromatic heterocycles. The first-order chi connectivity index (χ1) is 9.13. The molecule has 0 radical (unpaired) electrons. The Labute approximate surface area is 114 Å². The van der Waals surface area contributed by atoms with Gasteiger partial charge in [0.05, 0.1) is 0 Å². The van der Waals surface area contributed by atoms with Gasteiger partial charge in [0.2, 0.25) is 0 Å². The maximum Gasteiger partial charge on any atom is 0.128 e. The average Bonchev–Trinajstić information content (AvgIpc) is 2.70. The van der Waals surface area contributed by atoms with Crippen LogP contribution in [-0.2, 0) is 6.54 Å². The molecule has 0 bridgehead atoms. The molecule has 0 unspecified atom stereocenters. The van der Waals surface area contributed by atoms with Crippen LogP contribution < -0.4 is 0 Å². The van der Waals surface area contributed by atoms with E-state index in [0.29, 0.717) is 11.8 Å². The Morgan fingerprint density at radius 2 is 2.00 bits per heavy atom. The van der Waals surface area contributed by atoms with E-state index >= 15 is 0 Å². The molecule has 2 aliphatic rings. The number of hydrogen-bond donors (Lipinski definition) is 1. The van der Waals surface area contributed by atoms with Crippen LogP contribution in [0.3, 0.4) is 0 Å². The molecule has 0 spiro atoms. The maximum atomic E-state index is 13.2. The number of benzene rings is 1. The van der Waals surface area contributed by atoms with Crippen LogP contribution in [0, 0.1) is 23.1 Å². The van der Waals surface area contributed by atoms with E-state index < -0.39 is 0 Å². The minimum absolute atomic E-state index is 0.239. The lowest BCUT2D eigenvalue weighted by Gasteiger charge is -2.30. The molecule has 1 aliphatic heterocycles. The minimum Gasteiger partial charge on any atom is -0.352 e. The Kier molecular flexibility index (Phi) is 3.29. The zero-order valence-corrected chi connectivity index (χ0v) is 11.5. The van der Waals surface area contributed by atoms with Crippen LogP contribution in [-0.4, -0.2) is 17.3 Å². The maximum absolute atomic E-state index is 13.2. The summed E-state index contributed by atoms with van der Waals surface area (Å²) in [6, 6.07) is 4.82. The smallest absolute Gasteiger partial charge is 0.128 e. The molecule has 1 heterocycles. The topological polar surface area (TPSA) is 27.1 Å². The van der Waals surface area contributed by atoms with E-state index in [1.807, 2.05) is 6.07 Å². The van der Waals surface area contributed by atoms with E-state index in [2.05, 4.69) is 11.8 Å². The molecule has 102 valence electrons. The fraction of sp³-hybridized carbons (Fsp3) is 0.562. The summed E-state index contributed by atoms with van der Waals surface area (Å²) in [5.74, 6) is 1.83. The quantitative estimate of drug-likeness (QED) is 0.860. The Morgan fingerprint density at radius 1 is 1.26 bits per heavy atom. The van der Waals surface area contributed by atoms with Gasteiger partial charge in [-0.15, -0.1) is 0 Å². The number of amidine groups is 1. The summed E-state index contributed by atoms with van der Waals surface area (Å²) in [6.07, 6.45) is 5.17. The standard InChI is InChI=1S/C16H21FN2/c1-11-2-4-12(5-3-11)9-19-10-13-6-7-14(17)8-15(13)16(19)18/h6-8,11-12,18H,2-5,9-10H2,1H3. The highest BCUT2D eigenvalue weighted by molar-refractivity contribution is 6.00.